The van der Waals surface area contributed by atoms with Crippen LogP contribution in [0.2, 0.25) is 0 Å². The van der Waals surface area contributed by atoms with Crippen molar-refractivity contribution in [3.63, 3.8) is 0 Å². The van der Waals surface area contributed by atoms with E-state index in [1.165, 1.54) is 11.1 Å². The van der Waals surface area contributed by atoms with E-state index >= 15 is 0 Å². The molecule has 1 aliphatic rings. The molecule has 2 aromatic rings. The summed E-state index contributed by atoms with van der Waals surface area (Å²) in [6, 6.07) is 17.0. The number of nitrogens with one attached hydrogen (secondary N) is 1. The molecule has 0 saturated heterocycles. The highest BCUT2D eigenvalue weighted by Crippen LogP contribution is 2.37. The molecule has 0 amide bonds. The summed E-state index contributed by atoms with van der Waals surface area (Å²) in [6.45, 7) is 2.78. The Kier molecular flexibility index (Phi) is 4.96. The van der Waals surface area contributed by atoms with Gasteiger partial charge in [-0.05, 0) is 30.7 Å². The monoisotopic (exact) mass is 357 g/mol. The van der Waals surface area contributed by atoms with E-state index in [0.717, 1.165) is 23.2 Å². The zero-order chi connectivity index (χ0) is 15.4. The Balaban J connectivity index is 1.81. The molecular weight excluding hydrogens is 338 g/mol. The van der Waals surface area contributed by atoms with E-state index in [0.29, 0.717) is 0 Å². The molecule has 2 nitrogen and oxygen atoms in total. The highest BCUT2D eigenvalue weighted by atomic mass is 79.9. The van der Waals surface area contributed by atoms with Crippen LogP contribution in [0.25, 0.3) is 6.08 Å². The zero-order valence-corrected chi connectivity index (χ0v) is 14.2. The summed E-state index contributed by atoms with van der Waals surface area (Å²) in [5.41, 5.74) is 3.62. The molecule has 3 heteroatoms. The zero-order valence-electron chi connectivity index (χ0n) is 12.6. The van der Waals surface area contributed by atoms with Crippen molar-refractivity contribution in [1.82, 2.24) is 0 Å². The van der Waals surface area contributed by atoms with Crippen LogP contribution in [0.1, 0.15) is 30.6 Å². The number of rotatable bonds is 4. The van der Waals surface area contributed by atoms with E-state index in [4.69, 9.17) is 4.74 Å². The first-order valence-electron chi connectivity index (χ1n) is 7.67. The maximum absolute atomic E-state index is 5.95. The van der Waals surface area contributed by atoms with Crippen molar-refractivity contribution >= 4 is 27.7 Å². The number of ether oxygens (including phenoxy) is 1. The molecule has 3 rings (SSSR count). The summed E-state index contributed by atoms with van der Waals surface area (Å²) in [5.74, 6) is 0. The van der Waals surface area contributed by atoms with Crippen LogP contribution in [-0.4, -0.2) is 12.6 Å². The van der Waals surface area contributed by atoms with E-state index in [-0.39, 0.29) is 12.1 Å². The molecule has 0 spiro atoms. The van der Waals surface area contributed by atoms with Gasteiger partial charge in [0.25, 0.3) is 0 Å². The maximum Gasteiger partial charge on any atom is 0.0867 e. The molecule has 0 aromatic heterocycles. The average molecular weight is 358 g/mol. The van der Waals surface area contributed by atoms with Gasteiger partial charge < -0.3 is 10.1 Å². The van der Waals surface area contributed by atoms with E-state index in [2.05, 4.69) is 82.8 Å². The molecular formula is C19H20BrNO. The van der Waals surface area contributed by atoms with Gasteiger partial charge in [-0.25, -0.2) is 0 Å². The van der Waals surface area contributed by atoms with Crippen molar-refractivity contribution in [3.8, 4) is 0 Å². The number of halogens is 1. The van der Waals surface area contributed by atoms with Gasteiger partial charge >= 0.3 is 0 Å². The normalized spacial score (nSPS) is 20.6. The maximum atomic E-state index is 5.95. The van der Waals surface area contributed by atoms with Crippen LogP contribution in [0.3, 0.4) is 0 Å². The van der Waals surface area contributed by atoms with Crippen LogP contribution in [0.5, 0.6) is 0 Å². The largest absolute Gasteiger partial charge is 0.378 e. The molecule has 114 valence electrons. The molecule has 0 saturated carbocycles. The molecule has 0 fully saturated rings. The van der Waals surface area contributed by atoms with E-state index in [1.807, 2.05) is 6.07 Å². The third kappa shape index (κ3) is 3.60. The van der Waals surface area contributed by atoms with E-state index < -0.39 is 0 Å². The number of benzene rings is 2. The molecule has 1 N–H and O–H groups in total. The van der Waals surface area contributed by atoms with Crippen molar-refractivity contribution in [2.75, 3.05) is 11.9 Å². The summed E-state index contributed by atoms with van der Waals surface area (Å²) in [4.78, 5) is 0. The number of fused-ring (bicyclic) bond motifs is 1. The Bertz CT molecular complexity index is 654. The number of hydrogen-bond donors (Lipinski definition) is 1. The molecule has 22 heavy (non-hydrogen) atoms. The first-order chi connectivity index (χ1) is 10.8. The van der Waals surface area contributed by atoms with Crippen LogP contribution in [0.4, 0.5) is 5.69 Å². The van der Waals surface area contributed by atoms with Gasteiger partial charge in [0, 0.05) is 34.8 Å². The second-order valence-corrected chi connectivity index (χ2v) is 6.35. The van der Waals surface area contributed by atoms with Crippen molar-refractivity contribution in [2.24, 2.45) is 0 Å². The third-order valence-corrected chi connectivity index (χ3v) is 4.35. The molecule has 1 aliphatic heterocycles. The minimum absolute atomic E-state index is 0.143. The van der Waals surface area contributed by atoms with Crippen LogP contribution >= 0.6 is 15.9 Å². The van der Waals surface area contributed by atoms with Gasteiger partial charge in [-0.1, -0.05) is 58.4 Å². The lowest BCUT2D eigenvalue weighted by atomic mass is 9.94. The second-order valence-electron chi connectivity index (χ2n) is 5.43. The Morgan fingerprint density at radius 1 is 1.23 bits per heavy atom. The Hall–Kier alpha value is -1.58. The Morgan fingerprint density at radius 2 is 2.05 bits per heavy atom. The van der Waals surface area contributed by atoms with Crippen LogP contribution in [-0.2, 0) is 4.74 Å². The number of anilines is 1. The van der Waals surface area contributed by atoms with Gasteiger partial charge in [0.05, 0.1) is 6.10 Å². The minimum atomic E-state index is 0.143. The molecule has 0 aliphatic carbocycles. The van der Waals surface area contributed by atoms with Crippen molar-refractivity contribution in [1.29, 1.82) is 0 Å². The fourth-order valence-corrected chi connectivity index (χ4v) is 3.20. The summed E-state index contributed by atoms with van der Waals surface area (Å²) in [7, 11) is 0. The SMILES string of the molecule is CCO[C@H]1C[C@@H](/C=C/c2ccccc2)Nc2ccc(Br)cc21. The Labute approximate surface area is 140 Å². The van der Waals surface area contributed by atoms with Gasteiger partial charge in [-0.2, -0.15) is 0 Å². The highest BCUT2D eigenvalue weighted by Gasteiger charge is 2.25. The van der Waals surface area contributed by atoms with Gasteiger partial charge in [-0.3, -0.25) is 0 Å². The predicted octanol–water partition coefficient (Wildman–Crippen LogP) is 5.42. The standard InChI is InChI=1S/C19H20BrNO/c1-2-22-19-13-16(10-8-14-6-4-3-5-7-14)21-18-11-9-15(20)12-17(18)19/h3-12,16,19,21H,2,13H2,1H3/b10-8+/t16-,19+/m1/s1. The molecule has 0 unspecified atom stereocenters. The first-order valence-corrected chi connectivity index (χ1v) is 8.46. The van der Waals surface area contributed by atoms with Gasteiger partial charge in [0.2, 0.25) is 0 Å². The first kappa shape index (κ1) is 15.3. The van der Waals surface area contributed by atoms with Crippen LogP contribution in [0, 0.1) is 0 Å². The summed E-state index contributed by atoms with van der Waals surface area (Å²) < 4.78 is 7.05. The lowest BCUT2D eigenvalue weighted by Gasteiger charge is -2.31. The van der Waals surface area contributed by atoms with Crippen LogP contribution in [0.15, 0.2) is 59.1 Å². The fraction of sp³-hybridized carbons (Fsp3) is 0.263. The molecule has 1 heterocycles. The topological polar surface area (TPSA) is 21.3 Å². The van der Waals surface area contributed by atoms with E-state index in [1.54, 1.807) is 0 Å². The quantitative estimate of drug-likeness (QED) is 0.788. The van der Waals surface area contributed by atoms with Crippen molar-refractivity contribution < 1.29 is 4.74 Å². The minimum Gasteiger partial charge on any atom is -0.378 e. The Morgan fingerprint density at radius 3 is 2.82 bits per heavy atom. The predicted molar refractivity (Wildman–Crippen MR) is 96.0 cm³/mol. The molecule has 0 bridgehead atoms. The third-order valence-electron chi connectivity index (χ3n) is 3.86. The molecule has 2 atom stereocenters. The lowest BCUT2D eigenvalue weighted by molar-refractivity contribution is 0.0529. The number of hydrogen-bond acceptors (Lipinski definition) is 2. The molecule has 2 aromatic carbocycles. The lowest BCUT2D eigenvalue weighted by Crippen LogP contribution is -2.27. The fourth-order valence-electron chi connectivity index (χ4n) is 2.82. The highest BCUT2D eigenvalue weighted by molar-refractivity contribution is 9.10. The average Bonchev–Trinajstić information content (AvgIpc) is 2.55. The summed E-state index contributed by atoms with van der Waals surface area (Å²) in [6.07, 6.45) is 5.49. The van der Waals surface area contributed by atoms with Gasteiger partial charge in [0.1, 0.15) is 0 Å². The molecule has 0 radical (unpaired) electrons. The van der Waals surface area contributed by atoms with Gasteiger partial charge in [-0.15, -0.1) is 0 Å². The second kappa shape index (κ2) is 7.12. The van der Waals surface area contributed by atoms with Crippen molar-refractivity contribution in [2.45, 2.75) is 25.5 Å². The van der Waals surface area contributed by atoms with Crippen molar-refractivity contribution in [3.05, 3.63) is 70.2 Å². The van der Waals surface area contributed by atoms with E-state index in [9.17, 15) is 0 Å². The van der Waals surface area contributed by atoms with Crippen LogP contribution < -0.4 is 5.32 Å². The van der Waals surface area contributed by atoms with Gasteiger partial charge in [0.15, 0.2) is 0 Å². The summed E-state index contributed by atoms with van der Waals surface area (Å²) >= 11 is 3.55. The smallest absolute Gasteiger partial charge is 0.0867 e. The summed E-state index contributed by atoms with van der Waals surface area (Å²) in [5, 5.41) is 3.60.